The zero-order valence-electron chi connectivity index (χ0n) is 16.5. The highest BCUT2D eigenvalue weighted by atomic mass is 16.5. The zero-order chi connectivity index (χ0) is 19.5. The summed E-state index contributed by atoms with van der Waals surface area (Å²) in [6, 6.07) is 15.1. The van der Waals surface area contributed by atoms with Crippen molar-refractivity contribution >= 4 is 17.3 Å². The van der Waals surface area contributed by atoms with Crippen molar-refractivity contribution in [2.75, 3.05) is 30.4 Å². The zero-order valence-corrected chi connectivity index (χ0v) is 16.5. The molecule has 27 heavy (non-hydrogen) atoms. The molecule has 146 valence electrons. The van der Waals surface area contributed by atoms with E-state index in [2.05, 4.69) is 31.4 Å². The van der Waals surface area contributed by atoms with Crippen LogP contribution in [0.15, 0.2) is 48.5 Å². The summed E-state index contributed by atoms with van der Waals surface area (Å²) < 4.78 is 11.3. The first-order valence-electron chi connectivity index (χ1n) is 9.56. The first-order chi connectivity index (χ1) is 13.1. The van der Waals surface area contributed by atoms with E-state index in [0.717, 1.165) is 35.7 Å². The van der Waals surface area contributed by atoms with Gasteiger partial charge in [-0.15, -0.1) is 0 Å². The van der Waals surface area contributed by atoms with Gasteiger partial charge in [0.25, 0.3) is 0 Å². The molecule has 0 heterocycles. The van der Waals surface area contributed by atoms with Crippen LogP contribution in [0.25, 0.3) is 0 Å². The molecule has 0 bridgehead atoms. The van der Waals surface area contributed by atoms with Gasteiger partial charge in [-0.2, -0.15) is 0 Å². The molecule has 5 heteroatoms. The van der Waals surface area contributed by atoms with Gasteiger partial charge in [0.15, 0.2) is 0 Å². The molecule has 5 nitrogen and oxygen atoms in total. The third-order valence-corrected chi connectivity index (χ3v) is 3.78. The quantitative estimate of drug-likeness (QED) is 0.549. The van der Waals surface area contributed by atoms with E-state index >= 15 is 0 Å². The third kappa shape index (κ3) is 8.03. The monoisotopic (exact) mass is 370 g/mol. The molecule has 2 N–H and O–H groups in total. The van der Waals surface area contributed by atoms with Gasteiger partial charge in [0.05, 0.1) is 19.8 Å². The molecule has 0 saturated carbocycles. The Morgan fingerprint density at radius 2 is 1.78 bits per heavy atom. The highest BCUT2D eigenvalue weighted by Gasteiger charge is 2.04. The maximum atomic E-state index is 12.2. The fourth-order valence-electron chi connectivity index (χ4n) is 2.32. The molecule has 2 aromatic rings. The molecule has 0 fully saturated rings. The Labute approximate surface area is 162 Å². The van der Waals surface area contributed by atoms with Gasteiger partial charge < -0.3 is 20.1 Å². The van der Waals surface area contributed by atoms with Gasteiger partial charge in [0.2, 0.25) is 5.91 Å². The van der Waals surface area contributed by atoms with Gasteiger partial charge in [0.1, 0.15) is 11.5 Å². The standard InChI is InChI=1S/C22H30N2O3/c1-4-5-13-26-21-8-6-7-19(14-21)24-22(25)15-23-18-9-11-20(12-10-18)27-16-17(2)3/h6-12,14,17,23H,4-5,13,15-16H2,1-3H3,(H,24,25). The van der Waals surface area contributed by atoms with E-state index in [1.54, 1.807) is 0 Å². The molecule has 2 rings (SSSR count). The summed E-state index contributed by atoms with van der Waals surface area (Å²) in [7, 11) is 0. The third-order valence-electron chi connectivity index (χ3n) is 3.78. The largest absolute Gasteiger partial charge is 0.494 e. The summed E-state index contributed by atoms with van der Waals surface area (Å²) in [5.41, 5.74) is 1.60. The van der Waals surface area contributed by atoms with Crippen molar-refractivity contribution in [3.8, 4) is 11.5 Å². The van der Waals surface area contributed by atoms with Crippen LogP contribution in [0, 0.1) is 5.92 Å². The average Bonchev–Trinajstić information content (AvgIpc) is 2.66. The second-order valence-electron chi connectivity index (χ2n) is 6.86. The summed E-state index contributed by atoms with van der Waals surface area (Å²) in [5.74, 6) is 1.98. The molecule has 0 unspecified atom stereocenters. The Hall–Kier alpha value is -2.69. The lowest BCUT2D eigenvalue weighted by Crippen LogP contribution is -2.21. The first-order valence-corrected chi connectivity index (χ1v) is 9.56. The van der Waals surface area contributed by atoms with Crippen molar-refractivity contribution in [3.63, 3.8) is 0 Å². The molecule has 1 amide bonds. The van der Waals surface area contributed by atoms with Crippen LogP contribution in [0.1, 0.15) is 33.6 Å². The highest BCUT2D eigenvalue weighted by molar-refractivity contribution is 5.93. The van der Waals surface area contributed by atoms with Crippen molar-refractivity contribution < 1.29 is 14.3 Å². The van der Waals surface area contributed by atoms with Gasteiger partial charge in [-0.05, 0) is 48.7 Å². The number of amides is 1. The smallest absolute Gasteiger partial charge is 0.243 e. The Morgan fingerprint density at radius 1 is 1.00 bits per heavy atom. The predicted octanol–water partition coefficient (Wildman–Crippen LogP) is 4.95. The van der Waals surface area contributed by atoms with Gasteiger partial charge in [0, 0.05) is 17.4 Å². The lowest BCUT2D eigenvalue weighted by Gasteiger charge is -2.11. The van der Waals surface area contributed by atoms with E-state index in [4.69, 9.17) is 9.47 Å². The summed E-state index contributed by atoms with van der Waals surface area (Å²) >= 11 is 0. The second-order valence-corrected chi connectivity index (χ2v) is 6.86. The van der Waals surface area contributed by atoms with E-state index in [1.165, 1.54) is 0 Å². The number of carbonyl (C=O) groups excluding carboxylic acids is 1. The maximum Gasteiger partial charge on any atom is 0.243 e. The molecule has 0 saturated heterocycles. The van der Waals surface area contributed by atoms with Gasteiger partial charge in [-0.25, -0.2) is 0 Å². The summed E-state index contributed by atoms with van der Waals surface area (Å²) in [5, 5.41) is 6.00. The number of hydrogen-bond donors (Lipinski definition) is 2. The molecule has 0 radical (unpaired) electrons. The number of anilines is 2. The molecule has 0 aliphatic rings. The normalized spacial score (nSPS) is 10.5. The molecule has 0 atom stereocenters. The van der Waals surface area contributed by atoms with E-state index < -0.39 is 0 Å². The first kappa shape index (κ1) is 20.6. The number of ether oxygens (including phenoxy) is 2. The topological polar surface area (TPSA) is 59.6 Å². The second kappa shape index (κ2) is 11.1. The van der Waals surface area contributed by atoms with Crippen LogP contribution in [0.3, 0.4) is 0 Å². The van der Waals surface area contributed by atoms with E-state index in [9.17, 15) is 4.79 Å². The van der Waals surface area contributed by atoms with Crippen molar-refractivity contribution in [3.05, 3.63) is 48.5 Å². The molecular formula is C22H30N2O3. The minimum atomic E-state index is -0.110. The van der Waals surface area contributed by atoms with Crippen molar-refractivity contribution in [2.24, 2.45) is 5.92 Å². The van der Waals surface area contributed by atoms with Crippen LogP contribution in [0.2, 0.25) is 0 Å². The minimum absolute atomic E-state index is 0.110. The van der Waals surface area contributed by atoms with Gasteiger partial charge in [-0.3, -0.25) is 4.79 Å². The Balaban J connectivity index is 1.78. The lowest BCUT2D eigenvalue weighted by atomic mass is 10.2. The molecule has 0 aromatic heterocycles. The van der Waals surface area contributed by atoms with Crippen LogP contribution < -0.4 is 20.1 Å². The van der Waals surface area contributed by atoms with Gasteiger partial charge >= 0.3 is 0 Å². The van der Waals surface area contributed by atoms with Crippen LogP contribution in [-0.4, -0.2) is 25.7 Å². The summed E-state index contributed by atoms with van der Waals surface area (Å²) in [4.78, 5) is 12.2. The maximum absolute atomic E-state index is 12.2. The highest BCUT2D eigenvalue weighted by Crippen LogP contribution is 2.18. The van der Waals surface area contributed by atoms with Crippen LogP contribution in [0.4, 0.5) is 11.4 Å². The number of hydrogen-bond acceptors (Lipinski definition) is 4. The van der Waals surface area contributed by atoms with Crippen molar-refractivity contribution in [1.29, 1.82) is 0 Å². The summed E-state index contributed by atoms with van der Waals surface area (Å²) in [6.45, 7) is 7.91. The number of carbonyl (C=O) groups is 1. The fraction of sp³-hybridized carbons (Fsp3) is 0.409. The molecular weight excluding hydrogens is 340 g/mol. The van der Waals surface area contributed by atoms with Crippen LogP contribution >= 0.6 is 0 Å². The van der Waals surface area contributed by atoms with Crippen molar-refractivity contribution in [2.45, 2.75) is 33.6 Å². The number of nitrogens with one attached hydrogen (secondary N) is 2. The molecule has 0 aliphatic carbocycles. The molecule has 0 spiro atoms. The Morgan fingerprint density at radius 3 is 2.48 bits per heavy atom. The molecule has 2 aromatic carbocycles. The Bertz CT molecular complexity index is 699. The van der Waals surface area contributed by atoms with Crippen LogP contribution in [-0.2, 0) is 4.79 Å². The van der Waals surface area contributed by atoms with E-state index in [0.29, 0.717) is 19.1 Å². The number of unbranched alkanes of at least 4 members (excludes halogenated alkanes) is 1. The summed E-state index contributed by atoms with van der Waals surface area (Å²) in [6.07, 6.45) is 2.11. The average molecular weight is 370 g/mol. The number of benzene rings is 2. The SMILES string of the molecule is CCCCOc1cccc(NC(=O)CNc2ccc(OCC(C)C)cc2)c1. The fourth-order valence-corrected chi connectivity index (χ4v) is 2.32. The van der Waals surface area contributed by atoms with E-state index in [1.807, 2.05) is 48.5 Å². The predicted molar refractivity (Wildman–Crippen MR) is 111 cm³/mol. The minimum Gasteiger partial charge on any atom is -0.494 e. The Kier molecular flexibility index (Phi) is 8.49. The number of rotatable bonds is 11. The van der Waals surface area contributed by atoms with Gasteiger partial charge in [-0.1, -0.05) is 33.3 Å². The lowest BCUT2D eigenvalue weighted by molar-refractivity contribution is -0.114. The van der Waals surface area contributed by atoms with Crippen molar-refractivity contribution in [1.82, 2.24) is 0 Å². The van der Waals surface area contributed by atoms with E-state index in [-0.39, 0.29) is 12.5 Å². The molecule has 0 aliphatic heterocycles. The van der Waals surface area contributed by atoms with Crippen LogP contribution in [0.5, 0.6) is 11.5 Å².